The number of benzene rings is 2. The van der Waals surface area contributed by atoms with E-state index in [-0.39, 0.29) is 0 Å². The van der Waals surface area contributed by atoms with Gasteiger partial charge in [0.2, 0.25) is 0 Å². The molecule has 2 aromatic carbocycles. The molecule has 3 aromatic rings. The molecule has 2 atom stereocenters. The first-order valence-electron chi connectivity index (χ1n) is 10.2. The number of hydrogen-bond acceptors (Lipinski definition) is 2. The minimum absolute atomic E-state index is 0.739. The molecule has 2 saturated heterocycles. The van der Waals surface area contributed by atoms with Crippen LogP contribution in [0.5, 0.6) is 0 Å². The molecule has 26 heavy (non-hydrogen) atoms. The second kappa shape index (κ2) is 6.88. The van der Waals surface area contributed by atoms with Gasteiger partial charge in [-0.1, -0.05) is 36.8 Å². The average molecular weight is 345 g/mol. The molecular weight excluding hydrogens is 318 g/mol. The summed E-state index contributed by atoms with van der Waals surface area (Å²) in [4.78, 5) is 7.82. The number of nitrogens with zero attached hydrogens (tertiary/aromatic N) is 3. The first-order chi connectivity index (χ1) is 12.9. The third kappa shape index (κ3) is 2.84. The molecule has 0 spiro atoms. The zero-order valence-corrected chi connectivity index (χ0v) is 15.3. The van der Waals surface area contributed by atoms with E-state index in [2.05, 4.69) is 64.1 Å². The maximum Gasteiger partial charge on any atom is 0.114 e. The lowest BCUT2D eigenvalue weighted by atomic mass is 9.81. The van der Waals surface area contributed by atoms with Crippen LogP contribution in [-0.4, -0.2) is 33.6 Å². The molecule has 3 nitrogen and oxygen atoms in total. The van der Waals surface area contributed by atoms with Crippen molar-refractivity contribution in [3.05, 3.63) is 60.4 Å². The van der Waals surface area contributed by atoms with E-state index in [1.54, 1.807) is 0 Å². The Morgan fingerprint density at radius 2 is 1.65 bits per heavy atom. The van der Waals surface area contributed by atoms with Crippen molar-refractivity contribution in [2.45, 2.75) is 44.6 Å². The number of rotatable bonds is 3. The predicted octanol–water partition coefficient (Wildman–Crippen LogP) is 4.83. The van der Waals surface area contributed by atoms with Gasteiger partial charge in [0.25, 0.3) is 0 Å². The van der Waals surface area contributed by atoms with Crippen LogP contribution in [0.2, 0.25) is 0 Å². The highest BCUT2D eigenvalue weighted by Crippen LogP contribution is 2.34. The molecule has 2 fully saturated rings. The van der Waals surface area contributed by atoms with Crippen LogP contribution < -0.4 is 0 Å². The van der Waals surface area contributed by atoms with Crippen LogP contribution in [0.15, 0.2) is 54.6 Å². The van der Waals surface area contributed by atoms with Crippen molar-refractivity contribution in [2.75, 3.05) is 13.1 Å². The van der Waals surface area contributed by atoms with E-state index in [9.17, 15) is 0 Å². The van der Waals surface area contributed by atoms with Gasteiger partial charge in [-0.25, -0.2) is 4.98 Å². The Bertz CT molecular complexity index is 881. The zero-order valence-electron chi connectivity index (χ0n) is 15.3. The Kier molecular flexibility index (Phi) is 4.25. The van der Waals surface area contributed by atoms with E-state index < -0.39 is 0 Å². The van der Waals surface area contributed by atoms with Gasteiger partial charge in [-0.2, -0.15) is 0 Å². The predicted molar refractivity (Wildman–Crippen MR) is 107 cm³/mol. The quantitative estimate of drug-likeness (QED) is 0.678. The van der Waals surface area contributed by atoms with E-state index in [0.717, 1.165) is 23.9 Å². The van der Waals surface area contributed by atoms with Gasteiger partial charge in [-0.15, -0.1) is 0 Å². The van der Waals surface area contributed by atoms with E-state index >= 15 is 0 Å². The van der Waals surface area contributed by atoms with Crippen LogP contribution in [0.3, 0.4) is 0 Å². The largest absolute Gasteiger partial charge is 0.300 e. The molecule has 0 radical (unpaired) electrons. The van der Waals surface area contributed by atoms with Crippen molar-refractivity contribution in [3.8, 4) is 5.69 Å². The molecule has 1 aromatic heterocycles. The Hall–Kier alpha value is -2.13. The summed E-state index contributed by atoms with van der Waals surface area (Å²) in [5, 5.41) is 0. The van der Waals surface area contributed by atoms with Crippen molar-refractivity contribution in [3.63, 3.8) is 0 Å². The number of aromatic nitrogens is 2. The first-order valence-corrected chi connectivity index (χ1v) is 10.2. The molecule has 134 valence electrons. The fourth-order valence-electron chi connectivity index (χ4n) is 5.13. The number of imidazole rings is 1. The molecule has 3 heteroatoms. The molecule has 0 unspecified atom stereocenters. The van der Waals surface area contributed by atoms with Gasteiger partial charge >= 0.3 is 0 Å². The standard InChI is InChI=1S/C23H27N3/c1-2-10-19(11-3-1)26-22-14-5-4-12-20(22)24-23(26)17-18-9-8-16-25-15-7-6-13-21(18)25/h1-5,10-12,14,18,21H,6-9,13,15-17H2/t18-,21+/m0/s1. The smallest absolute Gasteiger partial charge is 0.114 e. The van der Waals surface area contributed by atoms with Crippen molar-refractivity contribution in [1.29, 1.82) is 0 Å². The van der Waals surface area contributed by atoms with E-state index in [1.807, 2.05) is 0 Å². The van der Waals surface area contributed by atoms with Gasteiger partial charge in [-0.05, 0) is 69.0 Å². The maximum absolute atomic E-state index is 5.07. The fourth-order valence-corrected chi connectivity index (χ4v) is 5.13. The minimum Gasteiger partial charge on any atom is -0.300 e. The lowest BCUT2D eigenvalue weighted by Crippen LogP contribution is -2.48. The van der Waals surface area contributed by atoms with Gasteiger partial charge in [0.05, 0.1) is 11.0 Å². The normalized spacial score (nSPS) is 23.8. The molecule has 5 rings (SSSR count). The van der Waals surface area contributed by atoms with Gasteiger partial charge in [0.1, 0.15) is 5.82 Å². The first kappa shape index (κ1) is 16.1. The summed E-state index contributed by atoms with van der Waals surface area (Å²) in [5.74, 6) is 1.97. The summed E-state index contributed by atoms with van der Waals surface area (Å²) in [6, 6.07) is 20.1. The fraction of sp³-hybridized carbons (Fsp3) is 0.435. The Morgan fingerprint density at radius 1 is 0.846 bits per heavy atom. The van der Waals surface area contributed by atoms with Crippen LogP contribution in [0, 0.1) is 5.92 Å². The van der Waals surface area contributed by atoms with E-state index in [0.29, 0.717) is 0 Å². The van der Waals surface area contributed by atoms with E-state index in [1.165, 1.54) is 62.2 Å². The van der Waals surface area contributed by atoms with Gasteiger partial charge in [0.15, 0.2) is 0 Å². The Morgan fingerprint density at radius 3 is 2.58 bits per heavy atom. The third-order valence-electron chi connectivity index (χ3n) is 6.32. The summed E-state index contributed by atoms with van der Waals surface area (Å²) < 4.78 is 2.39. The molecule has 0 saturated carbocycles. The summed E-state index contributed by atoms with van der Waals surface area (Å²) in [6.45, 7) is 2.60. The minimum atomic E-state index is 0.739. The Labute approximate surface area is 155 Å². The van der Waals surface area contributed by atoms with Crippen molar-refractivity contribution >= 4 is 11.0 Å². The van der Waals surface area contributed by atoms with Crippen LogP contribution in [-0.2, 0) is 6.42 Å². The average Bonchev–Trinajstić information content (AvgIpc) is 3.07. The van der Waals surface area contributed by atoms with Gasteiger partial charge < -0.3 is 4.90 Å². The summed E-state index contributed by atoms with van der Waals surface area (Å²) in [7, 11) is 0. The summed E-state index contributed by atoms with van der Waals surface area (Å²) in [5.41, 5.74) is 3.57. The molecular formula is C23H27N3. The number of piperidine rings is 2. The number of para-hydroxylation sites is 3. The lowest BCUT2D eigenvalue weighted by molar-refractivity contribution is 0.0588. The zero-order chi connectivity index (χ0) is 17.3. The van der Waals surface area contributed by atoms with Crippen molar-refractivity contribution < 1.29 is 0 Å². The third-order valence-corrected chi connectivity index (χ3v) is 6.32. The van der Waals surface area contributed by atoms with Gasteiger partial charge in [-0.3, -0.25) is 4.57 Å². The molecule has 0 N–H and O–H groups in total. The second-order valence-electron chi connectivity index (χ2n) is 7.89. The summed E-state index contributed by atoms with van der Waals surface area (Å²) in [6.07, 6.45) is 7.92. The lowest BCUT2D eigenvalue weighted by Gasteiger charge is -2.44. The molecule has 2 aliphatic rings. The summed E-state index contributed by atoms with van der Waals surface area (Å²) >= 11 is 0. The highest BCUT2D eigenvalue weighted by atomic mass is 15.2. The van der Waals surface area contributed by atoms with Crippen LogP contribution in [0.1, 0.15) is 37.9 Å². The van der Waals surface area contributed by atoms with E-state index in [4.69, 9.17) is 4.98 Å². The highest BCUT2D eigenvalue weighted by molar-refractivity contribution is 5.78. The number of fused-ring (bicyclic) bond motifs is 2. The second-order valence-corrected chi connectivity index (χ2v) is 7.89. The topological polar surface area (TPSA) is 21.1 Å². The highest BCUT2D eigenvalue weighted by Gasteiger charge is 2.33. The Balaban J connectivity index is 1.54. The van der Waals surface area contributed by atoms with Crippen molar-refractivity contribution in [2.24, 2.45) is 5.92 Å². The van der Waals surface area contributed by atoms with Gasteiger partial charge in [0, 0.05) is 18.2 Å². The van der Waals surface area contributed by atoms with Crippen LogP contribution in [0.4, 0.5) is 0 Å². The molecule has 0 aliphatic carbocycles. The molecule has 0 amide bonds. The molecule has 3 heterocycles. The molecule has 2 aliphatic heterocycles. The van der Waals surface area contributed by atoms with Crippen LogP contribution >= 0.6 is 0 Å². The molecule has 0 bridgehead atoms. The van der Waals surface area contributed by atoms with Crippen LogP contribution in [0.25, 0.3) is 16.7 Å². The number of hydrogen-bond donors (Lipinski definition) is 0. The SMILES string of the molecule is c1ccc(-n2c(C[C@@H]3CCCN4CCCC[C@H]34)nc3ccccc32)cc1. The monoisotopic (exact) mass is 345 g/mol. The van der Waals surface area contributed by atoms with Crippen molar-refractivity contribution in [1.82, 2.24) is 14.5 Å². The maximum atomic E-state index is 5.07.